The molecule has 0 heterocycles. The van der Waals surface area contributed by atoms with Crippen molar-refractivity contribution in [1.82, 2.24) is 0 Å². The molecule has 0 radical (unpaired) electrons. The molecule has 0 aliphatic heterocycles. The van der Waals surface area contributed by atoms with Gasteiger partial charge in [-0.25, -0.2) is 0 Å². The third kappa shape index (κ3) is 9.70. The predicted molar refractivity (Wildman–Crippen MR) is 136 cm³/mol. The standard InChI is InChI=1S/C26H48N4O2/c1-7-29(8-2,9-3)19-13-21-31-27-23-25-15-17-26(18-16-25)24-28-32-22-14-20-30(10-4,11-5)12-6/h15-18,23-24H,7-14,19-22H2,1-6H3/q+2/b27-23+,28-24+. The van der Waals surface area contributed by atoms with Gasteiger partial charge >= 0.3 is 0 Å². The van der Waals surface area contributed by atoms with E-state index < -0.39 is 0 Å². The lowest BCUT2D eigenvalue weighted by Gasteiger charge is -2.35. The van der Waals surface area contributed by atoms with Gasteiger partial charge in [0.1, 0.15) is 13.2 Å². The predicted octanol–water partition coefficient (Wildman–Crippen LogP) is 4.92. The molecule has 0 aliphatic rings. The van der Waals surface area contributed by atoms with Crippen LogP contribution in [0, 0.1) is 0 Å². The highest BCUT2D eigenvalue weighted by Gasteiger charge is 2.20. The Bertz CT molecular complexity index is 577. The van der Waals surface area contributed by atoms with Crippen molar-refractivity contribution in [2.24, 2.45) is 10.3 Å². The van der Waals surface area contributed by atoms with Crippen LogP contribution in [0.2, 0.25) is 0 Å². The van der Waals surface area contributed by atoms with Gasteiger partial charge in [-0.3, -0.25) is 0 Å². The maximum absolute atomic E-state index is 5.46. The van der Waals surface area contributed by atoms with E-state index in [1.54, 1.807) is 12.4 Å². The summed E-state index contributed by atoms with van der Waals surface area (Å²) in [6, 6.07) is 8.04. The van der Waals surface area contributed by atoms with E-state index in [-0.39, 0.29) is 0 Å². The summed E-state index contributed by atoms with van der Waals surface area (Å²) in [5.74, 6) is 0. The highest BCUT2D eigenvalue weighted by Crippen LogP contribution is 2.08. The molecule has 32 heavy (non-hydrogen) atoms. The van der Waals surface area contributed by atoms with Crippen molar-refractivity contribution < 1.29 is 18.6 Å². The molecule has 0 bridgehead atoms. The number of rotatable bonds is 18. The molecule has 1 rings (SSSR count). The fraction of sp³-hybridized carbons (Fsp3) is 0.692. The van der Waals surface area contributed by atoms with Gasteiger partial charge in [-0.2, -0.15) is 0 Å². The molecule has 0 amide bonds. The first-order chi connectivity index (χ1) is 15.5. The highest BCUT2D eigenvalue weighted by molar-refractivity contribution is 5.83. The highest BCUT2D eigenvalue weighted by atomic mass is 16.6. The Kier molecular flexibility index (Phi) is 13.9. The second kappa shape index (κ2) is 15.8. The van der Waals surface area contributed by atoms with Gasteiger partial charge in [0.25, 0.3) is 0 Å². The Morgan fingerprint density at radius 2 is 0.906 bits per heavy atom. The average Bonchev–Trinajstić information content (AvgIpc) is 2.85. The van der Waals surface area contributed by atoms with Crippen molar-refractivity contribution >= 4 is 12.4 Å². The smallest absolute Gasteiger partial charge is 0.122 e. The molecule has 0 saturated carbocycles. The fourth-order valence-electron chi connectivity index (χ4n) is 4.19. The first-order valence-electron chi connectivity index (χ1n) is 12.6. The van der Waals surface area contributed by atoms with E-state index in [1.165, 1.54) is 39.3 Å². The van der Waals surface area contributed by atoms with Crippen LogP contribution < -0.4 is 0 Å². The van der Waals surface area contributed by atoms with Gasteiger partial charge in [0.15, 0.2) is 0 Å². The van der Waals surface area contributed by atoms with Crippen molar-refractivity contribution in [3.8, 4) is 0 Å². The van der Waals surface area contributed by atoms with Gasteiger partial charge < -0.3 is 18.6 Å². The van der Waals surface area contributed by atoms with E-state index in [0.29, 0.717) is 13.2 Å². The van der Waals surface area contributed by atoms with Crippen molar-refractivity contribution in [3.05, 3.63) is 35.4 Å². The van der Waals surface area contributed by atoms with Crippen LogP contribution in [0.3, 0.4) is 0 Å². The molecule has 1 aromatic carbocycles. The lowest BCUT2D eigenvalue weighted by molar-refractivity contribution is -0.923. The van der Waals surface area contributed by atoms with Gasteiger partial charge in [0, 0.05) is 12.8 Å². The Morgan fingerprint density at radius 3 is 1.19 bits per heavy atom. The summed E-state index contributed by atoms with van der Waals surface area (Å²) in [6.45, 7) is 24.3. The van der Waals surface area contributed by atoms with Gasteiger partial charge in [-0.1, -0.05) is 34.6 Å². The molecular weight excluding hydrogens is 400 g/mol. The monoisotopic (exact) mass is 448 g/mol. The summed E-state index contributed by atoms with van der Waals surface area (Å²) in [6.07, 6.45) is 5.58. The Hall–Kier alpha value is -1.92. The molecule has 0 fully saturated rings. The van der Waals surface area contributed by atoms with Crippen molar-refractivity contribution in [2.75, 3.05) is 65.6 Å². The summed E-state index contributed by atoms with van der Waals surface area (Å²) in [4.78, 5) is 10.9. The first-order valence-corrected chi connectivity index (χ1v) is 12.6. The van der Waals surface area contributed by atoms with E-state index >= 15 is 0 Å². The van der Waals surface area contributed by atoms with Crippen LogP contribution in [-0.2, 0) is 9.68 Å². The molecule has 0 unspecified atom stereocenters. The summed E-state index contributed by atoms with van der Waals surface area (Å²) < 4.78 is 2.30. The number of hydrogen-bond acceptors (Lipinski definition) is 4. The molecule has 1 aromatic rings. The SMILES string of the molecule is CC[N+](CC)(CC)CCCO/N=C/c1ccc(/C=N/OCCC[N+](CC)(CC)CC)cc1. The zero-order valence-electron chi connectivity index (χ0n) is 21.6. The summed E-state index contributed by atoms with van der Waals surface area (Å²) in [5, 5.41) is 8.23. The van der Waals surface area contributed by atoms with Gasteiger partial charge in [-0.05, 0) is 52.7 Å². The molecule has 0 atom stereocenters. The summed E-state index contributed by atoms with van der Waals surface area (Å²) in [7, 11) is 0. The second-order valence-electron chi connectivity index (χ2n) is 8.54. The van der Waals surface area contributed by atoms with Crippen LogP contribution in [0.4, 0.5) is 0 Å². The molecule has 182 valence electrons. The van der Waals surface area contributed by atoms with Crippen LogP contribution in [0.5, 0.6) is 0 Å². The number of hydrogen-bond donors (Lipinski definition) is 0. The second-order valence-corrected chi connectivity index (χ2v) is 8.54. The Labute approximate surface area is 197 Å². The van der Waals surface area contributed by atoms with Gasteiger partial charge in [0.05, 0.1) is 64.8 Å². The minimum Gasteiger partial charge on any atom is -0.396 e. The maximum atomic E-state index is 5.46. The third-order valence-corrected chi connectivity index (χ3v) is 7.25. The molecule has 0 spiro atoms. The molecule has 0 aromatic heterocycles. The molecule has 0 N–H and O–H groups in total. The van der Waals surface area contributed by atoms with Crippen LogP contribution in [0.15, 0.2) is 34.6 Å². The number of benzene rings is 1. The molecule has 0 aliphatic carbocycles. The Balaban J connectivity index is 2.30. The van der Waals surface area contributed by atoms with Gasteiger partial charge in [0.2, 0.25) is 0 Å². The zero-order chi connectivity index (χ0) is 23.7. The maximum Gasteiger partial charge on any atom is 0.122 e. The quantitative estimate of drug-likeness (QED) is 0.138. The molecule has 6 heteroatoms. The van der Waals surface area contributed by atoms with Crippen molar-refractivity contribution in [1.29, 1.82) is 0 Å². The minimum atomic E-state index is 0.660. The van der Waals surface area contributed by atoms with Crippen LogP contribution in [0.1, 0.15) is 65.5 Å². The Morgan fingerprint density at radius 1 is 0.594 bits per heavy atom. The number of quaternary nitrogens is 2. The summed E-state index contributed by atoms with van der Waals surface area (Å²) >= 11 is 0. The normalized spacial score (nSPS) is 12.7. The van der Waals surface area contributed by atoms with E-state index in [1.807, 2.05) is 24.3 Å². The van der Waals surface area contributed by atoms with Crippen LogP contribution >= 0.6 is 0 Å². The molecular formula is C26H48N4O2+2. The van der Waals surface area contributed by atoms with E-state index in [9.17, 15) is 0 Å². The van der Waals surface area contributed by atoms with E-state index in [2.05, 4.69) is 51.9 Å². The van der Waals surface area contributed by atoms with Gasteiger partial charge in [-0.15, -0.1) is 0 Å². The van der Waals surface area contributed by atoms with E-state index in [4.69, 9.17) is 9.68 Å². The minimum absolute atomic E-state index is 0.660. The number of oxime groups is 2. The topological polar surface area (TPSA) is 43.2 Å². The average molecular weight is 449 g/mol. The van der Waals surface area contributed by atoms with Crippen LogP contribution in [-0.4, -0.2) is 87.0 Å². The molecule has 6 nitrogen and oxygen atoms in total. The zero-order valence-corrected chi connectivity index (χ0v) is 21.6. The lowest BCUT2D eigenvalue weighted by Crippen LogP contribution is -2.48. The van der Waals surface area contributed by atoms with Crippen molar-refractivity contribution in [3.63, 3.8) is 0 Å². The lowest BCUT2D eigenvalue weighted by atomic mass is 10.2. The summed E-state index contributed by atoms with van der Waals surface area (Å²) in [5.41, 5.74) is 2.02. The van der Waals surface area contributed by atoms with Crippen molar-refractivity contribution in [2.45, 2.75) is 54.4 Å². The molecule has 0 saturated heterocycles. The fourth-order valence-corrected chi connectivity index (χ4v) is 4.19. The van der Waals surface area contributed by atoms with Crippen LogP contribution in [0.25, 0.3) is 0 Å². The third-order valence-electron chi connectivity index (χ3n) is 7.25. The first kappa shape index (κ1) is 28.1. The largest absolute Gasteiger partial charge is 0.396 e. The van der Waals surface area contributed by atoms with E-state index in [0.717, 1.165) is 46.0 Å². The number of nitrogens with zero attached hydrogens (tertiary/aromatic N) is 4.